The van der Waals surface area contributed by atoms with Crippen LogP contribution in [-0.2, 0) is 14.9 Å². The zero-order valence-electron chi connectivity index (χ0n) is 17.4. The lowest BCUT2D eigenvalue weighted by Crippen LogP contribution is -2.31. The summed E-state index contributed by atoms with van der Waals surface area (Å²) in [5, 5.41) is 13.4. The molecule has 0 heterocycles. The maximum absolute atomic E-state index is 12.2. The molecule has 0 fully saturated rings. The number of ether oxygens (including phenoxy) is 1. The van der Waals surface area contributed by atoms with Crippen LogP contribution in [0.3, 0.4) is 0 Å². The van der Waals surface area contributed by atoms with Gasteiger partial charge in [0.15, 0.2) is 6.61 Å². The molecule has 0 aliphatic heterocycles. The van der Waals surface area contributed by atoms with Crippen LogP contribution in [0.1, 0.15) is 52.6 Å². The number of nitro benzene ring substituents is 1. The highest BCUT2D eigenvalue weighted by Crippen LogP contribution is 2.22. The zero-order chi connectivity index (χ0) is 22.5. The Balaban J connectivity index is 1.86. The molecule has 1 N–H and O–H groups in total. The third-order valence-corrected chi connectivity index (χ3v) is 4.50. The van der Waals surface area contributed by atoms with Crippen LogP contribution >= 0.6 is 0 Å². The van der Waals surface area contributed by atoms with E-state index in [9.17, 15) is 24.5 Å². The number of carbonyl (C=O) groups excluding carboxylic acids is 3. The highest BCUT2D eigenvalue weighted by atomic mass is 16.6. The summed E-state index contributed by atoms with van der Waals surface area (Å²) in [5.74, 6) is -1.80. The number of ketones is 1. The number of hydrogen-bond acceptors (Lipinski definition) is 6. The molecule has 158 valence electrons. The molecule has 0 saturated carbocycles. The summed E-state index contributed by atoms with van der Waals surface area (Å²) in [5.41, 5.74) is 1.75. The molecule has 0 aliphatic rings. The van der Waals surface area contributed by atoms with Crippen molar-refractivity contribution in [2.75, 3.05) is 13.2 Å². The summed E-state index contributed by atoms with van der Waals surface area (Å²) in [6.07, 6.45) is 0. The summed E-state index contributed by atoms with van der Waals surface area (Å²) in [6.45, 7) is 6.78. The van der Waals surface area contributed by atoms with Crippen molar-refractivity contribution in [3.8, 4) is 0 Å². The standard InChI is InChI=1S/C22H24N2O6/c1-14-5-6-16(11-18(14)24(28)29)19(25)13-30-20(26)12-23-21(27)15-7-9-17(10-8-15)22(2,3)4/h5-11H,12-13H2,1-4H3,(H,23,27). The molecular formula is C22H24N2O6. The number of Topliss-reactive ketones (excluding diaryl/α,β-unsaturated/α-hetero) is 1. The smallest absolute Gasteiger partial charge is 0.325 e. The minimum Gasteiger partial charge on any atom is -0.456 e. The number of hydrogen-bond donors (Lipinski definition) is 1. The number of carbonyl (C=O) groups is 3. The monoisotopic (exact) mass is 412 g/mol. The van der Waals surface area contributed by atoms with E-state index in [1.165, 1.54) is 12.1 Å². The second-order valence-corrected chi connectivity index (χ2v) is 7.85. The van der Waals surface area contributed by atoms with Crippen LogP contribution in [0.4, 0.5) is 5.69 Å². The molecule has 0 spiro atoms. The van der Waals surface area contributed by atoms with Gasteiger partial charge in [-0.1, -0.05) is 45.0 Å². The molecular weight excluding hydrogens is 388 g/mol. The van der Waals surface area contributed by atoms with Gasteiger partial charge in [0, 0.05) is 22.8 Å². The SMILES string of the molecule is Cc1ccc(C(=O)COC(=O)CNC(=O)c2ccc(C(C)(C)C)cc2)cc1[N+](=O)[O-]. The number of aryl methyl sites for hydroxylation is 1. The molecule has 8 heteroatoms. The molecule has 2 aromatic carbocycles. The largest absolute Gasteiger partial charge is 0.456 e. The van der Waals surface area contributed by atoms with Gasteiger partial charge in [-0.2, -0.15) is 0 Å². The number of benzene rings is 2. The van der Waals surface area contributed by atoms with Crippen molar-refractivity contribution in [2.45, 2.75) is 33.1 Å². The number of rotatable bonds is 7. The molecule has 0 radical (unpaired) electrons. The third kappa shape index (κ3) is 5.97. The first kappa shape index (κ1) is 22.7. The Labute approximate surface area is 174 Å². The van der Waals surface area contributed by atoms with Crippen molar-refractivity contribution in [3.63, 3.8) is 0 Å². The molecule has 0 bridgehead atoms. The topological polar surface area (TPSA) is 116 Å². The molecule has 0 unspecified atom stereocenters. The molecule has 1 amide bonds. The molecule has 8 nitrogen and oxygen atoms in total. The van der Waals surface area contributed by atoms with Gasteiger partial charge in [-0.3, -0.25) is 24.5 Å². The fourth-order valence-corrected chi connectivity index (χ4v) is 2.64. The second-order valence-electron chi connectivity index (χ2n) is 7.85. The normalized spacial score (nSPS) is 10.9. The van der Waals surface area contributed by atoms with E-state index in [0.29, 0.717) is 11.1 Å². The Morgan fingerprint density at radius 2 is 1.63 bits per heavy atom. The van der Waals surface area contributed by atoms with Gasteiger partial charge in [0.2, 0.25) is 5.78 Å². The van der Waals surface area contributed by atoms with E-state index >= 15 is 0 Å². The van der Waals surface area contributed by atoms with Gasteiger partial charge in [-0.15, -0.1) is 0 Å². The Hall–Kier alpha value is -3.55. The quantitative estimate of drug-likeness (QED) is 0.323. The number of nitro groups is 1. The fraction of sp³-hybridized carbons (Fsp3) is 0.318. The summed E-state index contributed by atoms with van der Waals surface area (Å²) < 4.78 is 4.87. The molecule has 0 aliphatic carbocycles. The van der Waals surface area contributed by atoms with E-state index < -0.39 is 35.7 Å². The lowest BCUT2D eigenvalue weighted by Gasteiger charge is -2.19. The maximum atomic E-state index is 12.2. The molecule has 0 aromatic heterocycles. The van der Waals surface area contributed by atoms with Crippen LogP contribution in [-0.4, -0.2) is 35.7 Å². The lowest BCUT2D eigenvalue weighted by atomic mass is 9.87. The van der Waals surface area contributed by atoms with Crippen molar-refractivity contribution < 1.29 is 24.0 Å². The van der Waals surface area contributed by atoms with Gasteiger partial charge in [0.25, 0.3) is 11.6 Å². The lowest BCUT2D eigenvalue weighted by molar-refractivity contribution is -0.385. The minimum absolute atomic E-state index is 0.0385. The van der Waals surface area contributed by atoms with Crippen molar-refractivity contribution >= 4 is 23.3 Å². The minimum atomic E-state index is -0.787. The van der Waals surface area contributed by atoms with Gasteiger partial charge in [0.1, 0.15) is 6.54 Å². The second kappa shape index (κ2) is 9.30. The van der Waals surface area contributed by atoms with Gasteiger partial charge in [0.05, 0.1) is 4.92 Å². The fourth-order valence-electron chi connectivity index (χ4n) is 2.64. The van der Waals surface area contributed by atoms with Crippen molar-refractivity contribution in [1.82, 2.24) is 5.32 Å². The zero-order valence-corrected chi connectivity index (χ0v) is 17.4. The van der Waals surface area contributed by atoms with Crippen LogP contribution in [0, 0.1) is 17.0 Å². The van der Waals surface area contributed by atoms with E-state index in [1.807, 2.05) is 12.1 Å². The first-order valence-corrected chi connectivity index (χ1v) is 9.31. The number of esters is 1. The average Bonchev–Trinajstić information content (AvgIpc) is 2.69. The third-order valence-electron chi connectivity index (χ3n) is 4.50. The van der Waals surface area contributed by atoms with Gasteiger partial charge in [-0.05, 0) is 30.0 Å². The molecule has 0 saturated heterocycles. The summed E-state index contributed by atoms with van der Waals surface area (Å²) >= 11 is 0. The molecule has 0 atom stereocenters. The Kier molecular flexibility index (Phi) is 7.05. The molecule has 2 aromatic rings. The van der Waals surface area contributed by atoms with Gasteiger partial charge in [-0.25, -0.2) is 0 Å². The highest BCUT2D eigenvalue weighted by Gasteiger charge is 2.17. The Morgan fingerprint density at radius 1 is 1.03 bits per heavy atom. The van der Waals surface area contributed by atoms with Crippen LogP contribution < -0.4 is 5.32 Å². The van der Waals surface area contributed by atoms with Crippen LogP contribution in [0.2, 0.25) is 0 Å². The number of nitrogens with zero attached hydrogens (tertiary/aromatic N) is 1. The first-order valence-electron chi connectivity index (χ1n) is 9.31. The van der Waals surface area contributed by atoms with Crippen LogP contribution in [0.15, 0.2) is 42.5 Å². The highest BCUT2D eigenvalue weighted by molar-refractivity contribution is 5.99. The van der Waals surface area contributed by atoms with Gasteiger partial charge < -0.3 is 10.1 Å². The van der Waals surface area contributed by atoms with Gasteiger partial charge >= 0.3 is 5.97 Å². The van der Waals surface area contributed by atoms with Crippen molar-refractivity contribution in [3.05, 3.63) is 74.8 Å². The van der Waals surface area contributed by atoms with Crippen LogP contribution in [0.25, 0.3) is 0 Å². The van der Waals surface area contributed by atoms with Crippen LogP contribution in [0.5, 0.6) is 0 Å². The van der Waals surface area contributed by atoms with Crippen molar-refractivity contribution in [2.24, 2.45) is 0 Å². The van der Waals surface area contributed by atoms with E-state index in [1.54, 1.807) is 19.1 Å². The Morgan fingerprint density at radius 3 is 2.20 bits per heavy atom. The average molecular weight is 412 g/mol. The summed E-state index contributed by atoms with van der Waals surface area (Å²) in [4.78, 5) is 46.5. The van der Waals surface area contributed by atoms with Crippen molar-refractivity contribution in [1.29, 1.82) is 0 Å². The first-order chi connectivity index (χ1) is 14.0. The van der Waals surface area contributed by atoms with E-state index in [2.05, 4.69) is 26.1 Å². The number of amides is 1. The van der Waals surface area contributed by atoms with E-state index in [0.717, 1.165) is 11.6 Å². The number of nitrogens with one attached hydrogen (secondary N) is 1. The maximum Gasteiger partial charge on any atom is 0.325 e. The predicted octanol–water partition coefficient (Wildman–Crippen LogP) is 3.36. The van der Waals surface area contributed by atoms with E-state index in [4.69, 9.17) is 4.74 Å². The Bertz CT molecular complexity index is 974. The molecule has 2 rings (SSSR count). The summed E-state index contributed by atoms with van der Waals surface area (Å²) in [7, 11) is 0. The molecule has 30 heavy (non-hydrogen) atoms. The predicted molar refractivity (Wildman–Crippen MR) is 111 cm³/mol. The van der Waals surface area contributed by atoms with E-state index in [-0.39, 0.29) is 16.7 Å². The summed E-state index contributed by atoms with van der Waals surface area (Å²) in [6, 6.07) is 11.1.